The molecule has 0 heterocycles. The van der Waals surface area contributed by atoms with Crippen LogP contribution in [-0.2, 0) is 4.79 Å². The Morgan fingerprint density at radius 1 is 1.65 bits per heavy atom. The van der Waals surface area contributed by atoms with Gasteiger partial charge in [0.1, 0.15) is 12.4 Å². The fourth-order valence-corrected chi connectivity index (χ4v) is 1.05. The molecule has 0 amide bonds. The molecular weight excluding hydrogens is 257 g/mol. The molecule has 1 aromatic rings. The first-order valence-electron chi connectivity index (χ1n) is 4.35. The molecule has 6 nitrogen and oxygen atoms in total. The van der Waals surface area contributed by atoms with Crippen LogP contribution in [0, 0.1) is 15.9 Å². The van der Waals surface area contributed by atoms with E-state index in [0.717, 1.165) is 18.2 Å². The largest absolute Gasteiger partial charge is 0.485 e. The third kappa shape index (κ3) is 3.56. The minimum atomic E-state index is -1.36. The third-order valence-electron chi connectivity index (χ3n) is 1.77. The molecule has 0 aliphatic carbocycles. The zero-order chi connectivity index (χ0) is 13.0. The molecule has 0 fully saturated rings. The summed E-state index contributed by atoms with van der Waals surface area (Å²) < 4.78 is 17.6. The molecule has 0 bridgehead atoms. The van der Waals surface area contributed by atoms with Crippen molar-refractivity contribution in [3.8, 4) is 5.75 Å². The number of nitro benzene ring substituents is 1. The minimum Gasteiger partial charge on any atom is -0.485 e. The van der Waals surface area contributed by atoms with Crippen molar-refractivity contribution in [1.82, 2.24) is 0 Å². The average Bonchev–Trinajstić information content (AvgIpc) is 2.25. The van der Waals surface area contributed by atoms with Gasteiger partial charge in [-0.3, -0.25) is 14.9 Å². The number of rotatable bonds is 5. The maximum Gasteiger partial charge on any atom is 0.325 e. The van der Waals surface area contributed by atoms with E-state index < -0.39 is 34.4 Å². The molecule has 0 saturated carbocycles. The maximum atomic E-state index is 12.8. The van der Waals surface area contributed by atoms with Crippen molar-refractivity contribution >= 4 is 23.3 Å². The Balaban J connectivity index is 2.85. The van der Waals surface area contributed by atoms with E-state index in [-0.39, 0.29) is 5.75 Å². The normalized spacial score (nSPS) is 11.9. The molecule has 8 heteroatoms. The first-order valence-corrected chi connectivity index (χ1v) is 4.79. The number of carbonyl (C=O) groups is 1. The fourth-order valence-electron chi connectivity index (χ4n) is 0.989. The standard InChI is InChI=1S/C9H7ClFNO5/c10-6(9(13)14)4-17-8-3-5(11)1-2-7(8)12(15)16/h1-3,6H,4H2,(H,13,14). The topological polar surface area (TPSA) is 89.7 Å². The Kier molecular flexibility index (Phi) is 4.22. The number of nitro groups is 1. The Hall–Kier alpha value is -1.89. The van der Waals surface area contributed by atoms with Crippen molar-refractivity contribution in [2.75, 3.05) is 6.61 Å². The summed E-state index contributed by atoms with van der Waals surface area (Å²) in [4.78, 5) is 20.2. The minimum absolute atomic E-state index is 0.359. The van der Waals surface area contributed by atoms with Gasteiger partial charge in [-0.15, -0.1) is 11.6 Å². The number of aliphatic carboxylic acids is 1. The molecule has 1 rings (SSSR count). The lowest BCUT2D eigenvalue weighted by molar-refractivity contribution is -0.385. The molecule has 0 spiro atoms. The quantitative estimate of drug-likeness (QED) is 0.497. The van der Waals surface area contributed by atoms with Gasteiger partial charge < -0.3 is 9.84 Å². The van der Waals surface area contributed by atoms with Crippen LogP contribution in [0.25, 0.3) is 0 Å². The summed E-state index contributed by atoms with van der Waals surface area (Å²) in [7, 11) is 0. The molecule has 0 radical (unpaired) electrons. The van der Waals surface area contributed by atoms with Crippen LogP contribution in [0.1, 0.15) is 0 Å². The lowest BCUT2D eigenvalue weighted by Gasteiger charge is -2.08. The van der Waals surface area contributed by atoms with Crippen LogP contribution in [0.4, 0.5) is 10.1 Å². The molecule has 0 aromatic heterocycles. The van der Waals surface area contributed by atoms with Gasteiger partial charge in [0.05, 0.1) is 4.92 Å². The van der Waals surface area contributed by atoms with Gasteiger partial charge in [0, 0.05) is 12.1 Å². The van der Waals surface area contributed by atoms with E-state index in [2.05, 4.69) is 0 Å². The smallest absolute Gasteiger partial charge is 0.325 e. The van der Waals surface area contributed by atoms with E-state index >= 15 is 0 Å². The van der Waals surface area contributed by atoms with E-state index in [1.165, 1.54) is 0 Å². The molecule has 92 valence electrons. The SMILES string of the molecule is O=C(O)C(Cl)COc1cc(F)ccc1[N+](=O)[O-]. The summed E-state index contributed by atoms with van der Waals surface area (Å²) in [6, 6.07) is 2.62. The number of ether oxygens (including phenoxy) is 1. The number of carboxylic acid groups (broad SMARTS) is 1. The van der Waals surface area contributed by atoms with E-state index in [9.17, 15) is 19.3 Å². The van der Waals surface area contributed by atoms with Gasteiger partial charge in [-0.1, -0.05) is 0 Å². The highest BCUT2D eigenvalue weighted by Crippen LogP contribution is 2.27. The number of halogens is 2. The van der Waals surface area contributed by atoms with Crippen molar-refractivity contribution in [2.45, 2.75) is 5.38 Å². The van der Waals surface area contributed by atoms with Crippen molar-refractivity contribution in [1.29, 1.82) is 0 Å². The Morgan fingerprint density at radius 2 is 2.29 bits per heavy atom. The molecular formula is C9H7ClFNO5. The van der Waals surface area contributed by atoms with Gasteiger partial charge >= 0.3 is 11.7 Å². The highest BCUT2D eigenvalue weighted by atomic mass is 35.5. The predicted octanol–water partition coefficient (Wildman–Crippen LogP) is 1.80. The average molecular weight is 264 g/mol. The Labute approximate surface area is 99.7 Å². The number of hydrogen-bond acceptors (Lipinski definition) is 4. The number of hydrogen-bond donors (Lipinski definition) is 1. The summed E-state index contributed by atoms with van der Waals surface area (Å²) in [5.74, 6) is -2.42. The maximum absolute atomic E-state index is 12.8. The molecule has 1 unspecified atom stereocenters. The summed E-state index contributed by atoms with van der Waals surface area (Å²) >= 11 is 5.35. The molecule has 0 saturated heterocycles. The molecule has 0 aliphatic rings. The molecule has 1 atom stereocenters. The number of benzene rings is 1. The van der Waals surface area contributed by atoms with Gasteiger partial charge in [-0.05, 0) is 6.07 Å². The number of nitrogens with zero attached hydrogens (tertiary/aromatic N) is 1. The van der Waals surface area contributed by atoms with Crippen molar-refractivity contribution in [3.05, 3.63) is 34.1 Å². The highest BCUT2D eigenvalue weighted by Gasteiger charge is 2.19. The van der Waals surface area contributed by atoms with Gasteiger partial charge in [-0.2, -0.15) is 0 Å². The number of carboxylic acids is 1. The fraction of sp³-hybridized carbons (Fsp3) is 0.222. The Morgan fingerprint density at radius 3 is 2.82 bits per heavy atom. The second-order valence-electron chi connectivity index (χ2n) is 2.99. The van der Waals surface area contributed by atoms with Gasteiger partial charge in [0.2, 0.25) is 0 Å². The molecule has 17 heavy (non-hydrogen) atoms. The zero-order valence-corrected chi connectivity index (χ0v) is 9.06. The summed E-state index contributed by atoms with van der Waals surface area (Å²) in [6.45, 7) is -0.499. The lowest BCUT2D eigenvalue weighted by Crippen LogP contribution is -2.21. The number of alkyl halides is 1. The van der Waals surface area contributed by atoms with E-state index in [1.807, 2.05) is 0 Å². The van der Waals surface area contributed by atoms with Crippen LogP contribution in [0.3, 0.4) is 0 Å². The third-order valence-corrected chi connectivity index (χ3v) is 2.08. The molecule has 1 N–H and O–H groups in total. The van der Waals surface area contributed by atoms with E-state index in [4.69, 9.17) is 21.4 Å². The van der Waals surface area contributed by atoms with Crippen LogP contribution in [-0.4, -0.2) is 28.0 Å². The van der Waals surface area contributed by atoms with Crippen LogP contribution in [0.5, 0.6) is 5.75 Å². The summed E-state index contributed by atoms with van der Waals surface area (Å²) in [6.07, 6.45) is 0. The van der Waals surface area contributed by atoms with Crippen LogP contribution in [0.15, 0.2) is 18.2 Å². The second-order valence-corrected chi connectivity index (χ2v) is 3.51. The molecule has 1 aromatic carbocycles. The van der Waals surface area contributed by atoms with Gasteiger partial charge in [0.15, 0.2) is 11.1 Å². The van der Waals surface area contributed by atoms with Crippen LogP contribution >= 0.6 is 11.6 Å². The van der Waals surface area contributed by atoms with Crippen LogP contribution in [0.2, 0.25) is 0 Å². The predicted molar refractivity (Wildman–Crippen MR) is 55.8 cm³/mol. The van der Waals surface area contributed by atoms with Gasteiger partial charge in [-0.25, -0.2) is 4.39 Å². The first kappa shape index (κ1) is 13.2. The van der Waals surface area contributed by atoms with E-state index in [1.54, 1.807) is 0 Å². The lowest BCUT2D eigenvalue weighted by atomic mass is 10.3. The van der Waals surface area contributed by atoms with Crippen LogP contribution < -0.4 is 4.74 Å². The zero-order valence-electron chi connectivity index (χ0n) is 8.30. The van der Waals surface area contributed by atoms with Gasteiger partial charge in [0.25, 0.3) is 0 Å². The summed E-state index contributed by atoms with van der Waals surface area (Å²) in [5, 5.41) is 17.7. The van der Waals surface area contributed by atoms with Crippen molar-refractivity contribution in [3.63, 3.8) is 0 Å². The second kappa shape index (κ2) is 5.44. The summed E-state index contributed by atoms with van der Waals surface area (Å²) in [5.41, 5.74) is -0.458. The Bertz CT molecular complexity index is 453. The monoisotopic (exact) mass is 263 g/mol. The highest BCUT2D eigenvalue weighted by molar-refractivity contribution is 6.29. The van der Waals surface area contributed by atoms with Crippen molar-refractivity contribution < 1.29 is 24.0 Å². The van der Waals surface area contributed by atoms with Crippen molar-refractivity contribution in [2.24, 2.45) is 0 Å². The van der Waals surface area contributed by atoms with E-state index in [0.29, 0.717) is 0 Å². The molecule has 0 aliphatic heterocycles. The first-order chi connectivity index (χ1) is 7.91.